The maximum Gasteiger partial charge on any atom is 0.269 e. The van der Waals surface area contributed by atoms with E-state index in [0.717, 1.165) is 12.8 Å². The number of carbonyl (C=O) groups excluding carboxylic acids is 2. The lowest BCUT2D eigenvalue weighted by atomic mass is 10.1. The molecule has 2 rings (SSSR count). The molecule has 2 amide bonds. The molecule has 0 spiro atoms. The van der Waals surface area contributed by atoms with E-state index in [9.17, 15) is 9.59 Å². The van der Waals surface area contributed by atoms with E-state index in [1.54, 1.807) is 6.07 Å². The van der Waals surface area contributed by atoms with Gasteiger partial charge in [-0.05, 0) is 30.9 Å². The maximum absolute atomic E-state index is 11.5. The Hall–Kier alpha value is -1.98. The van der Waals surface area contributed by atoms with E-state index in [4.69, 9.17) is 5.73 Å². The molecule has 0 unspecified atom stereocenters. The van der Waals surface area contributed by atoms with Crippen molar-refractivity contribution in [1.82, 2.24) is 10.2 Å². The average Bonchev–Trinajstić information content (AvgIpc) is 3.12. The minimum Gasteiger partial charge on any atom is -0.364 e. The third-order valence-electron chi connectivity index (χ3n) is 2.69. The molecule has 1 aliphatic rings. The molecular formula is C11H14N4O2. The Labute approximate surface area is 98.6 Å². The van der Waals surface area contributed by atoms with E-state index < -0.39 is 5.91 Å². The molecule has 1 aliphatic carbocycles. The van der Waals surface area contributed by atoms with Crippen LogP contribution in [0.4, 0.5) is 5.82 Å². The molecule has 1 aromatic rings. The molecule has 90 valence electrons. The number of primary amides is 1. The maximum atomic E-state index is 11.5. The first-order valence-electron chi connectivity index (χ1n) is 5.59. The number of rotatable bonds is 4. The molecule has 6 nitrogen and oxygen atoms in total. The van der Waals surface area contributed by atoms with E-state index in [0.29, 0.717) is 17.8 Å². The Morgan fingerprint density at radius 1 is 1.47 bits per heavy atom. The van der Waals surface area contributed by atoms with Crippen molar-refractivity contribution in [3.63, 3.8) is 0 Å². The van der Waals surface area contributed by atoms with E-state index >= 15 is 0 Å². The molecular weight excluding hydrogens is 220 g/mol. The van der Waals surface area contributed by atoms with Crippen molar-refractivity contribution in [2.75, 3.05) is 5.32 Å². The highest BCUT2D eigenvalue weighted by atomic mass is 16.2. The fourth-order valence-electron chi connectivity index (χ4n) is 1.54. The summed E-state index contributed by atoms with van der Waals surface area (Å²) in [4.78, 5) is 22.6. The van der Waals surface area contributed by atoms with Crippen molar-refractivity contribution >= 4 is 17.6 Å². The van der Waals surface area contributed by atoms with Gasteiger partial charge in [0.15, 0.2) is 11.5 Å². The topological polar surface area (TPSA) is 98.0 Å². The van der Waals surface area contributed by atoms with Crippen LogP contribution in [0.15, 0.2) is 6.07 Å². The normalized spacial score (nSPS) is 14.4. The quantitative estimate of drug-likeness (QED) is 0.791. The number of hydrogen-bond donors (Lipinski definition) is 2. The van der Waals surface area contributed by atoms with E-state index in [1.807, 2.05) is 6.92 Å². The number of aryl methyl sites for hydroxylation is 1. The summed E-state index contributed by atoms with van der Waals surface area (Å²) in [6.45, 7) is 1.88. The minimum atomic E-state index is -0.602. The highest BCUT2D eigenvalue weighted by Gasteiger charge is 2.30. The van der Waals surface area contributed by atoms with E-state index in [2.05, 4.69) is 15.5 Å². The first-order valence-corrected chi connectivity index (χ1v) is 5.59. The second-order valence-electron chi connectivity index (χ2n) is 4.08. The van der Waals surface area contributed by atoms with Gasteiger partial charge in [-0.1, -0.05) is 6.92 Å². The smallest absolute Gasteiger partial charge is 0.269 e. The molecule has 0 atom stereocenters. The van der Waals surface area contributed by atoms with Crippen molar-refractivity contribution < 1.29 is 9.59 Å². The average molecular weight is 234 g/mol. The highest BCUT2D eigenvalue weighted by Crippen LogP contribution is 2.29. The van der Waals surface area contributed by atoms with Gasteiger partial charge in [-0.15, -0.1) is 10.2 Å². The van der Waals surface area contributed by atoms with E-state index in [1.165, 1.54) is 0 Å². The summed E-state index contributed by atoms with van der Waals surface area (Å²) < 4.78 is 0. The number of anilines is 1. The van der Waals surface area contributed by atoms with Crippen LogP contribution in [0.25, 0.3) is 0 Å². The number of nitrogens with one attached hydrogen (secondary N) is 1. The van der Waals surface area contributed by atoms with Gasteiger partial charge in [-0.25, -0.2) is 0 Å². The number of aromatic nitrogens is 2. The first kappa shape index (κ1) is 11.5. The van der Waals surface area contributed by atoms with Gasteiger partial charge in [0.05, 0.1) is 0 Å². The fraction of sp³-hybridized carbons (Fsp3) is 0.455. The SMILES string of the molecule is CCc1cc(NC(=O)C2CC2)nnc1C(N)=O. The third-order valence-corrected chi connectivity index (χ3v) is 2.69. The summed E-state index contributed by atoms with van der Waals surface area (Å²) in [5.74, 6) is -0.149. The molecule has 1 heterocycles. The largest absolute Gasteiger partial charge is 0.364 e. The monoisotopic (exact) mass is 234 g/mol. The summed E-state index contributed by atoms with van der Waals surface area (Å²) in [7, 11) is 0. The van der Waals surface area contributed by atoms with Gasteiger partial charge in [0.25, 0.3) is 5.91 Å². The molecule has 1 saturated carbocycles. The molecule has 0 bridgehead atoms. The number of nitrogens with two attached hydrogens (primary N) is 1. The van der Waals surface area contributed by atoms with Crippen LogP contribution in [0, 0.1) is 5.92 Å². The summed E-state index contributed by atoms with van der Waals surface area (Å²) in [6, 6.07) is 1.65. The van der Waals surface area contributed by atoms with Crippen molar-refractivity contribution in [3.05, 3.63) is 17.3 Å². The molecule has 0 saturated heterocycles. The van der Waals surface area contributed by atoms with Crippen molar-refractivity contribution in [1.29, 1.82) is 0 Å². The molecule has 6 heteroatoms. The molecule has 0 radical (unpaired) electrons. The molecule has 1 aromatic heterocycles. The molecule has 3 N–H and O–H groups in total. The van der Waals surface area contributed by atoms with Crippen molar-refractivity contribution in [2.45, 2.75) is 26.2 Å². The summed E-state index contributed by atoms with van der Waals surface area (Å²) >= 11 is 0. The second kappa shape index (κ2) is 4.48. The van der Waals surface area contributed by atoms with Gasteiger partial charge in [0.1, 0.15) is 0 Å². The number of nitrogens with zero attached hydrogens (tertiary/aromatic N) is 2. The summed E-state index contributed by atoms with van der Waals surface area (Å²) in [6.07, 6.45) is 2.47. The van der Waals surface area contributed by atoms with Crippen molar-refractivity contribution in [2.24, 2.45) is 11.7 Å². The Bertz CT molecular complexity index is 469. The predicted molar refractivity (Wildman–Crippen MR) is 61.3 cm³/mol. The van der Waals surface area contributed by atoms with E-state index in [-0.39, 0.29) is 17.5 Å². The number of carbonyl (C=O) groups is 2. The molecule has 1 fully saturated rings. The standard InChI is InChI=1S/C11H14N4O2/c1-2-6-5-8(13-11(17)7-3-4-7)14-15-9(6)10(12)16/h5,7H,2-4H2,1H3,(H2,12,16)(H,13,14,17). The lowest BCUT2D eigenvalue weighted by molar-refractivity contribution is -0.117. The van der Waals surface area contributed by atoms with Crippen LogP contribution in [0.1, 0.15) is 35.8 Å². The van der Waals surface area contributed by atoms with Crippen LogP contribution >= 0.6 is 0 Å². The zero-order valence-electron chi connectivity index (χ0n) is 9.56. The van der Waals surface area contributed by atoms with Gasteiger partial charge in [-0.3, -0.25) is 9.59 Å². The van der Waals surface area contributed by atoms with Crippen molar-refractivity contribution in [3.8, 4) is 0 Å². The van der Waals surface area contributed by atoms with Crippen LogP contribution in [0.5, 0.6) is 0 Å². The first-order chi connectivity index (χ1) is 8.11. The van der Waals surface area contributed by atoms with Gasteiger partial charge in [-0.2, -0.15) is 0 Å². The zero-order chi connectivity index (χ0) is 12.4. The molecule has 17 heavy (non-hydrogen) atoms. The fourth-order valence-corrected chi connectivity index (χ4v) is 1.54. The second-order valence-corrected chi connectivity index (χ2v) is 4.08. The van der Waals surface area contributed by atoms with Gasteiger partial charge in [0, 0.05) is 5.92 Å². The van der Waals surface area contributed by atoms with Gasteiger partial charge in [0.2, 0.25) is 5.91 Å². The van der Waals surface area contributed by atoms with Crippen LogP contribution in [0.3, 0.4) is 0 Å². The Balaban J connectivity index is 2.18. The number of amides is 2. The van der Waals surface area contributed by atoms with Crippen LogP contribution in [0.2, 0.25) is 0 Å². The Morgan fingerprint density at radius 2 is 2.18 bits per heavy atom. The zero-order valence-corrected chi connectivity index (χ0v) is 9.56. The number of hydrogen-bond acceptors (Lipinski definition) is 4. The van der Waals surface area contributed by atoms with Gasteiger partial charge < -0.3 is 11.1 Å². The lowest BCUT2D eigenvalue weighted by Crippen LogP contribution is -2.19. The Kier molecular flexibility index (Phi) is 3.03. The summed E-state index contributed by atoms with van der Waals surface area (Å²) in [5.41, 5.74) is 6.03. The van der Waals surface area contributed by atoms with Crippen LogP contribution in [-0.2, 0) is 11.2 Å². The highest BCUT2D eigenvalue weighted by molar-refractivity contribution is 5.94. The predicted octanol–water partition coefficient (Wildman–Crippen LogP) is 0.486. The van der Waals surface area contributed by atoms with Crippen LogP contribution < -0.4 is 11.1 Å². The third kappa shape index (κ3) is 2.58. The summed E-state index contributed by atoms with van der Waals surface area (Å²) in [5, 5.41) is 10.2. The Morgan fingerprint density at radius 3 is 2.71 bits per heavy atom. The molecule has 0 aliphatic heterocycles. The minimum absolute atomic E-state index is 0.0341. The van der Waals surface area contributed by atoms with Gasteiger partial charge >= 0.3 is 0 Å². The molecule has 0 aromatic carbocycles. The lowest BCUT2D eigenvalue weighted by Gasteiger charge is -2.06. The van der Waals surface area contributed by atoms with Crippen LogP contribution in [-0.4, -0.2) is 22.0 Å².